The number of sulfonamides is 1. The molecule has 0 saturated heterocycles. The van der Waals surface area contributed by atoms with Crippen molar-refractivity contribution in [3.8, 4) is 11.4 Å². The van der Waals surface area contributed by atoms with Crippen LogP contribution in [0.1, 0.15) is 0 Å². The number of imidazole rings is 1. The van der Waals surface area contributed by atoms with Gasteiger partial charge in [-0.15, -0.1) is 0 Å². The SMILES string of the molecule is CN(CC(=O)Nc1cccc(Cl)c1)S(=O)(=O)c1ccc2nc(-c3ccccc3)[nH]c2c1. The average Bonchev–Trinajstić information content (AvgIpc) is 3.17. The molecule has 0 spiro atoms. The van der Waals surface area contributed by atoms with Gasteiger partial charge in [-0.25, -0.2) is 13.4 Å². The summed E-state index contributed by atoms with van der Waals surface area (Å²) in [6, 6.07) is 20.9. The molecule has 2 N–H and O–H groups in total. The van der Waals surface area contributed by atoms with Gasteiger partial charge in [-0.05, 0) is 36.4 Å². The van der Waals surface area contributed by atoms with Gasteiger partial charge in [0, 0.05) is 23.3 Å². The molecule has 0 saturated carbocycles. The number of aromatic amines is 1. The number of hydrogen-bond acceptors (Lipinski definition) is 4. The standard InChI is InChI=1S/C22H19ClN4O3S/c1-27(14-21(28)24-17-9-5-8-16(23)12-17)31(29,30)18-10-11-19-20(13-18)26-22(25-19)15-6-3-2-4-7-15/h2-13H,14H2,1H3,(H,24,28)(H,25,26). The van der Waals surface area contributed by atoms with Crippen molar-refractivity contribution in [1.29, 1.82) is 0 Å². The van der Waals surface area contributed by atoms with E-state index >= 15 is 0 Å². The van der Waals surface area contributed by atoms with Gasteiger partial charge in [-0.1, -0.05) is 48.0 Å². The zero-order valence-electron chi connectivity index (χ0n) is 16.5. The Morgan fingerprint density at radius 3 is 2.58 bits per heavy atom. The van der Waals surface area contributed by atoms with Gasteiger partial charge in [-0.3, -0.25) is 4.79 Å². The Hall–Kier alpha value is -3.20. The predicted octanol–water partition coefficient (Wildman–Crippen LogP) is 4.14. The molecule has 0 aliphatic rings. The van der Waals surface area contributed by atoms with Crippen LogP contribution in [0, 0.1) is 0 Å². The van der Waals surface area contributed by atoms with Gasteiger partial charge < -0.3 is 10.3 Å². The average molecular weight is 455 g/mol. The number of carbonyl (C=O) groups excluding carboxylic acids is 1. The van der Waals surface area contributed by atoms with E-state index in [1.54, 1.807) is 30.3 Å². The molecule has 3 aromatic carbocycles. The zero-order chi connectivity index (χ0) is 22.0. The number of aromatic nitrogens is 2. The van der Waals surface area contributed by atoms with Gasteiger partial charge >= 0.3 is 0 Å². The number of carbonyl (C=O) groups is 1. The molecular formula is C22H19ClN4O3S. The van der Waals surface area contributed by atoms with Crippen LogP contribution in [0.4, 0.5) is 5.69 Å². The number of hydrogen-bond donors (Lipinski definition) is 2. The smallest absolute Gasteiger partial charge is 0.243 e. The quantitative estimate of drug-likeness (QED) is 0.457. The maximum absolute atomic E-state index is 13.0. The third-order valence-corrected chi connectivity index (χ3v) is 6.72. The molecule has 4 aromatic rings. The van der Waals surface area contributed by atoms with Gasteiger partial charge in [0.1, 0.15) is 5.82 Å². The molecule has 158 valence electrons. The molecule has 0 fully saturated rings. The fraction of sp³-hybridized carbons (Fsp3) is 0.0909. The highest BCUT2D eigenvalue weighted by molar-refractivity contribution is 7.89. The van der Waals surface area contributed by atoms with Crippen LogP contribution in [0.25, 0.3) is 22.4 Å². The van der Waals surface area contributed by atoms with Crippen LogP contribution in [0.5, 0.6) is 0 Å². The molecule has 1 amide bonds. The maximum Gasteiger partial charge on any atom is 0.243 e. The van der Waals surface area contributed by atoms with Crippen LogP contribution < -0.4 is 5.32 Å². The summed E-state index contributed by atoms with van der Waals surface area (Å²) in [6.45, 7) is -0.342. The minimum atomic E-state index is -3.88. The Bertz CT molecular complexity index is 1350. The lowest BCUT2D eigenvalue weighted by Crippen LogP contribution is -2.34. The number of fused-ring (bicyclic) bond motifs is 1. The highest BCUT2D eigenvalue weighted by Gasteiger charge is 2.24. The van der Waals surface area contributed by atoms with E-state index in [-0.39, 0.29) is 11.4 Å². The van der Waals surface area contributed by atoms with Crippen molar-refractivity contribution in [2.24, 2.45) is 0 Å². The van der Waals surface area contributed by atoms with Crippen LogP contribution in [0.3, 0.4) is 0 Å². The van der Waals surface area contributed by atoms with E-state index in [2.05, 4.69) is 15.3 Å². The number of benzene rings is 3. The first-order valence-corrected chi connectivity index (χ1v) is 11.2. The van der Waals surface area contributed by atoms with Crippen LogP contribution in [-0.2, 0) is 14.8 Å². The molecule has 0 aliphatic carbocycles. The predicted molar refractivity (Wildman–Crippen MR) is 121 cm³/mol. The topological polar surface area (TPSA) is 95.2 Å². The normalized spacial score (nSPS) is 11.7. The lowest BCUT2D eigenvalue weighted by molar-refractivity contribution is -0.116. The highest BCUT2D eigenvalue weighted by Crippen LogP contribution is 2.24. The number of likely N-dealkylation sites (N-methyl/N-ethyl adjacent to an activating group) is 1. The summed E-state index contributed by atoms with van der Waals surface area (Å²) in [4.78, 5) is 20.0. The Morgan fingerprint density at radius 1 is 1.06 bits per heavy atom. The van der Waals surface area contributed by atoms with E-state index < -0.39 is 15.9 Å². The van der Waals surface area contributed by atoms with Gasteiger partial charge in [0.05, 0.1) is 22.5 Å². The number of nitrogens with zero attached hydrogens (tertiary/aromatic N) is 2. The van der Waals surface area contributed by atoms with Gasteiger partial charge in [-0.2, -0.15) is 4.31 Å². The molecule has 1 heterocycles. The minimum absolute atomic E-state index is 0.0707. The van der Waals surface area contributed by atoms with Crippen LogP contribution >= 0.6 is 11.6 Å². The summed E-state index contributed by atoms with van der Waals surface area (Å²) in [6.07, 6.45) is 0. The van der Waals surface area contributed by atoms with E-state index in [1.165, 1.54) is 19.2 Å². The number of anilines is 1. The summed E-state index contributed by atoms with van der Waals surface area (Å²) in [5.41, 5.74) is 2.64. The lowest BCUT2D eigenvalue weighted by Gasteiger charge is -2.17. The molecular weight excluding hydrogens is 436 g/mol. The zero-order valence-corrected chi connectivity index (χ0v) is 18.1. The summed E-state index contributed by atoms with van der Waals surface area (Å²) in [7, 11) is -2.52. The van der Waals surface area contributed by atoms with Crippen molar-refractivity contribution in [2.45, 2.75) is 4.90 Å². The number of halogens is 1. The molecule has 0 atom stereocenters. The third kappa shape index (κ3) is 4.61. The molecule has 31 heavy (non-hydrogen) atoms. The summed E-state index contributed by atoms with van der Waals surface area (Å²) < 4.78 is 27.0. The number of nitrogens with one attached hydrogen (secondary N) is 2. The summed E-state index contributed by atoms with van der Waals surface area (Å²) >= 11 is 5.91. The second kappa shape index (κ2) is 8.50. The number of rotatable bonds is 6. The minimum Gasteiger partial charge on any atom is -0.338 e. The van der Waals surface area contributed by atoms with Crippen LogP contribution in [0.2, 0.25) is 5.02 Å². The Labute approximate surface area is 184 Å². The fourth-order valence-corrected chi connectivity index (χ4v) is 4.46. The molecule has 0 aliphatic heterocycles. The Morgan fingerprint density at radius 2 is 1.84 bits per heavy atom. The lowest BCUT2D eigenvalue weighted by atomic mass is 10.2. The second-order valence-electron chi connectivity index (χ2n) is 6.95. The Kier molecular flexibility index (Phi) is 5.77. The molecule has 0 unspecified atom stereocenters. The molecule has 7 nitrogen and oxygen atoms in total. The first kappa shape index (κ1) is 21.0. The monoisotopic (exact) mass is 454 g/mol. The van der Waals surface area contributed by atoms with Crippen molar-refractivity contribution < 1.29 is 13.2 Å². The van der Waals surface area contributed by atoms with E-state index in [4.69, 9.17) is 11.6 Å². The molecule has 9 heteroatoms. The first-order valence-electron chi connectivity index (χ1n) is 9.40. The Balaban J connectivity index is 1.53. The van der Waals surface area contributed by atoms with E-state index in [1.807, 2.05) is 30.3 Å². The van der Waals surface area contributed by atoms with Gasteiger partial charge in [0.2, 0.25) is 15.9 Å². The van der Waals surface area contributed by atoms with Gasteiger partial charge in [0.15, 0.2) is 0 Å². The summed E-state index contributed by atoms with van der Waals surface area (Å²) in [5.74, 6) is 0.182. The number of amides is 1. The maximum atomic E-state index is 13.0. The molecule has 1 aromatic heterocycles. The van der Waals surface area contributed by atoms with Crippen molar-refractivity contribution in [2.75, 3.05) is 18.9 Å². The van der Waals surface area contributed by atoms with Gasteiger partial charge in [0.25, 0.3) is 0 Å². The van der Waals surface area contributed by atoms with Crippen molar-refractivity contribution in [3.63, 3.8) is 0 Å². The van der Waals surface area contributed by atoms with Crippen molar-refractivity contribution in [3.05, 3.63) is 77.8 Å². The van der Waals surface area contributed by atoms with E-state index in [0.717, 1.165) is 9.87 Å². The first-order chi connectivity index (χ1) is 14.8. The molecule has 4 rings (SSSR count). The van der Waals surface area contributed by atoms with E-state index in [9.17, 15) is 13.2 Å². The van der Waals surface area contributed by atoms with Crippen LogP contribution in [-0.4, -0.2) is 42.2 Å². The fourth-order valence-electron chi connectivity index (χ4n) is 3.12. The highest BCUT2D eigenvalue weighted by atomic mass is 35.5. The molecule has 0 bridgehead atoms. The second-order valence-corrected chi connectivity index (χ2v) is 9.43. The molecule has 0 radical (unpaired) electrons. The van der Waals surface area contributed by atoms with Crippen LogP contribution in [0.15, 0.2) is 77.7 Å². The summed E-state index contributed by atoms with van der Waals surface area (Å²) in [5, 5.41) is 3.12. The third-order valence-electron chi connectivity index (χ3n) is 4.68. The number of H-pyrrole nitrogens is 1. The van der Waals surface area contributed by atoms with Crippen molar-refractivity contribution >= 4 is 44.3 Å². The van der Waals surface area contributed by atoms with E-state index in [0.29, 0.717) is 27.6 Å². The largest absolute Gasteiger partial charge is 0.338 e. The van der Waals surface area contributed by atoms with Crippen molar-refractivity contribution in [1.82, 2.24) is 14.3 Å².